The van der Waals surface area contributed by atoms with Crippen molar-refractivity contribution in [1.29, 1.82) is 0 Å². The Kier molecular flexibility index (Phi) is 20.4. The molecule has 2 aromatic carbocycles. The van der Waals surface area contributed by atoms with Crippen LogP contribution in [0.4, 0.5) is 0 Å². The van der Waals surface area contributed by atoms with E-state index in [4.69, 9.17) is 0 Å². The molecular formula is C18H19Na4O5P+2. The zero-order chi connectivity index (χ0) is 17.7. The predicted octanol–water partition coefficient (Wildman–Crippen LogP) is -8.65. The van der Waals surface area contributed by atoms with Gasteiger partial charge in [-0.05, 0) is 59.4 Å². The molecule has 0 aromatic heterocycles. The monoisotopic (exact) mass is 438 g/mol. The van der Waals surface area contributed by atoms with Gasteiger partial charge in [-0.3, -0.25) is 0 Å². The first-order valence-corrected chi connectivity index (χ1v) is 9.13. The van der Waals surface area contributed by atoms with Crippen molar-refractivity contribution in [3.63, 3.8) is 0 Å². The van der Waals surface area contributed by atoms with Crippen LogP contribution in [-0.4, -0.2) is 5.11 Å². The van der Waals surface area contributed by atoms with E-state index in [-0.39, 0.29) is 130 Å². The van der Waals surface area contributed by atoms with E-state index >= 15 is 0 Å². The summed E-state index contributed by atoms with van der Waals surface area (Å²) in [5, 5.41) is 9.44. The first-order valence-electron chi connectivity index (χ1n) is 7.67. The van der Waals surface area contributed by atoms with Crippen molar-refractivity contribution in [3.05, 3.63) is 59.7 Å². The third kappa shape index (κ3) is 11.0. The van der Waals surface area contributed by atoms with Gasteiger partial charge in [0, 0.05) is 0 Å². The SMILES string of the molecule is CC/C(=C(/CC)c1ccc(OP(=O)([O-])[O-])cc1)c1ccc(O)cc1.[Na+].[Na+].[Na+].[Na+]. The van der Waals surface area contributed by atoms with Crippen LogP contribution in [0.1, 0.15) is 37.8 Å². The Morgan fingerprint density at radius 2 is 1.18 bits per heavy atom. The van der Waals surface area contributed by atoms with Crippen LogP contribution >= 0.6 is 7.82 Å². The van der Waals surface area contributed by atoms with Gasteiger partial charge in [0.15, 0.2) is 0 Å². The van der Waals surface area contributed by atoms with Gasteiger partial charge in [-0.2, -0.15) is 0 Å². The molecule has 0 radical (unpaired) electrons. The largest absolute Gasteiger partial charge is 1.00 e. The quantitative estimate of drug-likeness (QED) is 0.275. The molecule has 10 heteroatoms. The summed E-state index contributed by atoms with van der Waals surface area (Å²) in [5.41, 5.74) is 4.21. The van der Waals surface area contributed by atoms with E-state index in [9.17, 15) is 19.5 Å². The molecule has 0 amide bonds. The van der Waals surface area contributed by atoms with Gasteiger partial charge in [0.25, 0.3) is 0 Å². The molecule has 0 bridgehead atoms. The van der Waals surface area contributed by atoms with Crippen LogP contribution < -0.4 is 133 Å². The van der Waals surface area contributed by atoms with Crippen molar-refractivity contribution in [2.75, 3.05) is 0 Å². The van der Waals surface area contributed by atoms with Gasteiger partial charge in [0.1, 0.15) is 19.3 Å². The normalized spacial score (nSPS) is 10.9. The molecule has 2 rings (SSSR count). The van der Waals surface area contributed by atoms with Crippen molar-refractivity contribution in [3.8, 4) is 11.5 Å². The standard InChI is InChI=1S/C18H21O5P.4Na/c1-3-17(13-5-9-15(19)10-6-13)18(4-2)14-7-11-16(12-8-14)23-24(20,21)22;;;;/h5-12,19H,3-4H2,1-2H3,(H2,20,21,22);;;;/q;4*+1/p-2/b18-17+;;;;. The summed E-state index contributed by atoms with van der Waals surface area (Å²) in [7, 11) is -5.05. The molecule has 0 saturated carbocycles. The van der Waals surface area contributed by atoms with Gasteiger partial charge in [-0.25, -0.2) is 0 Å². The molecule has 5 nitrogen and oxygen atoms in total. The minimum Gasteiger partial charge on any atom is -0.780 e. The molecule has 0 heterocycles. The summed E-state index contributed by atoms with van der Waals surface area (Å²) in [4.78, 5) is 21.3. The Labute approximate surface area is 255 Å². The molecule has 0 saturated heterocycles. The molecular weight excluding hydrogens is 419 g/mol. The van der Waals surface area contributed by atoms with E-state index < -0.39 is 7.82 Å². The molecule has 0 unspecified atom stereocenters. The van der Waals surface area contributed by atoms with Crippen molar-refractivity contribution < 1.29 is 142 Å². The van der Waals surface area contributed by atoms with Crippen molar-refractivity contribution >= 4 is 19.0 Å². The van der Waals surface area contributed by atoms with Crippen molar-refractivity contribution in [2.45, 2.75) is 26.7 Å². The van der Waals surface area contributed by atoms with Gasteiger partial charge in [0.05, 0.1) is 0 Å². The number of phosphoric ester groups is 1. The number of hydrogen-bond donors (Lipinski definition) is 1. The number of phenols is 1. The number of phenolic OH excluding ortho intramolecular Hbond substituents is 1. The summed E-state index contributed by atoms with van der Waals surface area (Å²) in [5.74, 6) is 0.221. The summed E-state index contributed by atoms with van der Waals surface area (Å²) >= 11 is 0. The van der Waals surface area contributed by atoms with Crippen LogP contribution in [0.15, 0.2) is 48.5 Å². The minimum atomic E-state index is -5.05. The molecule has 0 spiro atoms. The molecule has 2 aromatic rings. The number of rotatable bonds is 6. The molecule has 0 atom stereocenters. The Morgan fingerprint density at radius 1 is 0.821 bits per heavy atom. The number of hydrogen-bond acceptors (Lipinski definition) is 5. The van der Waals surface area contributed by atoms with E-state index in [1.165, 1.54) is 12.1 Å². The summed E-state index contributed by atoms with van der Waals surface area (Å²) in [6.07, 6.45) is 1.59. The zero-order valence-electron chi connectivity index (χ0n) is 17.6. The first kappa shape index (κ1) is 34.5. The summed E-state index contributed by atoms with van der Waals surface area (Å²) < 4.78 is 15.0. The van der Waals surface area contributed by atoms with Gasteiger partial charge < -0.3 is 24.0 Å². The van der Waals surface area contributed by atoms with Crippen LogP contribution in [0.2, 0.25) is 0 Å². The Bertz CT molecular complexity index is 774. The fourth-order valence-electron chi connectivity index (χ4n) is 2.69. The first-order chi connectivity index (χ1) is 11.3. The van der Waals surface area contributed by atoms with Crippen LogP contribution in [0, 0.1) is 0 Å². The van der Waals surface area contributed by atoms with E-state index in [2.05, 4.69) is 11.4 Å². The maximum atomic E-state index is 10.7. The Balaban J connectivity index is -0.00000156. The predicted molar refractivity (Wildman–Crippen MR) is 90.2 cm³/mol. The summed E-state index contributed by atoms with van der Waals surface area (Å²) in [6.45, 7) is 4.10. The molecule has 0 fully saturated rings. The van der Waals surface area contributed by atoms with Crippen LogP contribution in [0.5, 0.6) is 11.5 Å². The third-order valence-electron chi connectivity index (χ3n) is 3.71. The smallest absolute Gasteiger partial charge is 0.780 e. The van der Waals surface area contributed by atoms with E-state index in [0.29, 0.717) is 0 Å². The second-order valence-electron chi connectivity index (χ2n) is 5.27. The Morgan fingerprint density at radius 3 is 1.50 bits per heavy atom. The second kappa shape index (κ2) is 16.5. The molecule has 28 heavy (non-hydrogen) atoms. The van der Waals surface area contributed by atoms with Crippen LogP contribution in [0.25, 0.3) is 11.1 Å². The van der Waals surface area contributed by atoms with Gasteiger partial charge >= 0.3 is 118 Å². The maximum absolute atomic E-state index is 10.7. The van der Waals surface area contributed by atoms with Gasteiger partial charge in [-0.15, -0.1) is 0 Å². The number of aromatic hydroxyl groups is 1. The second-order valence-corrected chi connectivity index (χ2v) is 6.35. The van der Waals surface area contributed by atoms with Gasteiger partial charge in [-0.1, -0.05) is 38.1 Å². The van der Waals surface area contributed by atoms with Crippen LogP contribution in [0.3, 0.4) is 0 Å². The van der Waals surface area contributed by atoms with Gasteiger partial charge in [0.2, 0.25) is 0 Å². The van der Waals surface area contributed by atoms with E-state index in [1.54, 1.807) is 24.3 Å². The average molecular weight is 438 g/mol. The summed E-state index contributed by atoms with van der Waals surface area (Å²) in [6, 6.07) is 13.4. The van der Waals surface area contributed by atoms with Crippen LogP contribution in [-0.2, 0) is 4.57 Å². The number of benzene rings is 2. The van der Waals surface area contributed by atoms with E-state index in [0.717, 1.165) is 35.1 Å². The topological polar surface area (TPSA) is 92.7 Å². The van der Waals surface area contributed by atoms with Crippen molar-refractivity contribution in [2.24, 2.45) is 0 Å². The number of allylic oxidation sites excluding steroid dienone is 2. The molecule has 0 aliphatic rings. The zero-order valence-corrected chi connectivity index (χ0v) is 26.5. The minimum absolute atomic E-state index is 0. The number of phosphoric acid groups is 1. The maximum Gasteiger partial charge on any atom is 1.00 e. The van der Waals surface area contributed by atoms with E-state index in [1.807, 2.05) is 19.1 Å². The van der Waals surface area contributed by atoms with Crippen molar-refractivity contribution in [1.82, 2.24) is 0 Å². The fourth-order valence-corrected chi connectivity index (χ4v) is 3.07. The molecule has 0 aliphatic heterocycles. The molecule has 128 valence electrons. The Hall–Kier alpha value is 1.93. The average Bonchev–Trinajstić information content (AvgIpc) is 2.53. The molecule has 1 N–H and O–H groups in total. The molecule has 0 aliphatic carbocycles. The third-order valence-corrected chi connectivity index (χ3v) is 4.14. The fraction of sp³-hybridized carbons (Fsp3) is 0.222.